The molecule has 0 radical (unpaired) electrons. The third kappa shape index (κ3) is 1.83. The molecule has 3 aliphatic carbocycles. The Hall–Kier alpha value is -1.28. The number of hydrogen-bond donors (Lipinski definition) is 2. The zero-order valence-electron chi connectivity index (χ0n) is 13.4. The van der Waals surface area contributed by atoms with E-state index in [4.69, 9.17) is 0 Å². The number of rotatable bonds is 1. The number of fused-ring (bicyclic) bond motifs is 5. The van der Waals surface area contributed by atoms with Crippen LogP contribution >= 0.6 is 0 Å². The molecule has 0 aromatic heterocycles. The second-order valence-electron chi connectivity index (χ2n) is 7.87. The van der Waals surface area contributed by atoms with E-state index < -0.39 is 0 Å². The minimum atomic E-state index is -0.112. The molecule has 2 N–H and O–H groups in total. The van der Waals surface area contributed by atoms with Crippen LogP contribution in [0.3, 0.4) is 0 Å². The van der Waals surface area contributed by atoms with Crippen LogP contribution in [0.25, 0.3) is 6.08 Å². The highest BCUT2D eigenvalue weighted by atomic mass is 16.3. The Morgan fingerprint density at radius 2 is 2.05 bits per heavy atom. The lowest BCUT2D eigenvalue weighted by atomic mass is 9.55. The molecular weight excluding hydrogens is 272 g/mol. The summed E-state index contributed by atoms with van der Waals surface area (Å²) in [6.45, 7) is 6.27. The molecule has 0 heterocycles. The summed E-state index contributed by atoms with van der Waals surface area (Å²) in [6.07, 6.45) is 8.47. The lowest BCUT2D eigenvalue weighted by Crippen LogP contribution is -2.44. The molecule has 2 nitrogen and oxygen atoms in total. The topological polar surface area (TPSA) is 40.5 Å². The van der Waals surface area contributed by atoms with Crippen molar-refractivity contribution >= 4 is 6.08 Å². The molecule has 0 aliphatic heterocycles. The van der Waals surface area contributed by atoms with Crippen LogP contribution in [0.4, 0.5) is 0 Å². The standard InChI is InChI=1S/C20H26O2/c1-3-12-10-14(21)11-13-4-5-15-16(19(12)13)8-9-20(2)17(15)6-7-18(20)22/h3,10-11,15-18,21-22H,1,4-9H2,2H3/t15-,16+,17+,18+,20+/m1/s1. The van der Waals surface area contributed by atoms with Crippen LogP contribution in [0.2, 0.25) is 0 Å². The van der Waals surface area contributed by atoms with Crippen molar-refractivity contribution in [2.24, 2.45) is 17.3 Å². The van der Waals surface area contributed by atoms with E-state index in [0.29, 0.717) is 23.5 Å². The SMILES string of the molecule is C=Cc1cc(O)cc2c1[C@H]1CC[C@]3(C)[C@@H](O)CC[C@H]3[C@@H]1CC2. The largest absolute Gasteiger partial charge is 0.508 e. The van der Waals surface area contributed by atoms with Gasteiger partial charge in [-0.05, 0) is 90.5 Å². The van der Waals surface area contributed by atoms with Gasteiger partial charge in [-0.15, -0.1) is 0 Å². The number of aliphatic hydroxyl groups is 1. The average molecular weight is 298 g/mol. The zero-order valence-corrected chi connectivity index (χ0v) is 13.4. The van der Waals surface area contributed by atoms with Crippen molar-refractivity contribution < 1.29 is 10.2 Å². The summed E-state index contributed by atoms with van der Waals surface area (Å²) < 4.78 is 0. The molecule has 0 unspecified atom stereocenters. The normalized spacial score (nSPS) is 39.7. The van der Waals surface area contributed by atoms with Gasteiger partial charge in [0.05, 0.1) is 6.10 Å². The highest BCUT2D eigenvalue weighted by Gasteiger charge is 2.54. The molecule has 0 bridgehead atoms. The Morgan fingerprint density at radius 1 is 1.23 bits per heavy atom. The highest BCUT2D eigenvalue weighted by Crippen LogP contribution is 2.61. The molecule has 0 spiro atoms. The third-order valence-electron chi connectivity index (χ3n) is 7.01. The molecule has 3 aliphatic rings. The maximum atomic E-state index is 10.5. The molecule has 22 heavy (non-hydrogen) atoms. The molecule has 2 heteroatoms. The first-order valence-electron chi connectivity index (χ1n) is 8.71. The minimum absolute atomic E-state index is 0.112. The van der Waals surface area contributed by atoms with Gasteiger partial charge < -0.3 is 10.2 Å². The molecule has 5 atom stereocenters. The van der Waals surface area contributed by atoms with Crippen LogP contribution in [-0.2, 0) is 6.42 Å². The van der Waals surface area contributed by atoms with Gasteiger partial charge in [-0.3, -0.25) is 0 Å². The average Bonchev–Trinajstić information content (AvgIpc) is 2.81. The first-order chi connectivity index (χ1) is 10.5. The van der Waals surface area contributed by atoms with Crippen LogP contribution in [0, 0.1) is 17.3 Å². The fourth-order valence-electron chi connectivity index (χ4n) is 5.89. The van der Waals surface area contributed by atoms with E-state index >= 15 is 0 Å². The number of aromatic hydroxyl groups is 1. The molecule has 2 saturated carbocycles. The third-order valence-corrected chi connectivity index (χ3v) is 7.01. The fourth-order valence-corrected chi connectivity index (χ4v) is 5.89. The van der Waals surface area contributed by atoms with E-state index in [2.05, 4.69) is 13.5 Å². The molecule has 1 aromatic rings. The molecule has 4 rings (SSSR count). The van der Waals surface area contributed by atoms with Crippen LogP contribution in [-0.4, -0.2) is 16.3 Å². The molecule has 0 saturated heterocycles. The van der Waals surface area contributed by atoms with E-state index in [1.54, 1.807) is 0 Å². The fraction of sp³-hybridized carbons (Fsp3) is 0.600. The number of aryl methyl sites for hydroxylation is 1. The zero-order chi connectivity index (χ0) is 15.5. The second-order valence-corrected chi connectivity index (χ2v) is 7.87. The quantitative estimate of drug-likeness (QED) is 0.813. The maximum absolute atomic E-state index is 10.5. The highest BCUT2D eigenvalue weighted by molar-refractivity contribution is 5.59. The van der Waals surface area contributed by atoms with Crippen molar-refractivity contribution in [3.8, 4) is 5.75 Å². The second kappa shape index (κ2) is 4.86. The van der Waals surface area contributed by atoms with E-state index in [-0.39, 0.29) is 11.5 Å². The Bertz CT molecular complexity index is 620. The number of hydrogen-bond acceptors (Lipinski definition) is 2. The minimum Gasteiger partial charge on any atom is -0.508 e. The van der Waals surface area contributed by atoms with Crippen LogP contribution in [0.15, 0.2) is 18.7 Å². The molecular formula is C20H26O2. The lowest BCUT2D eigenvalue weighted by Gasteiger charge is -2.50. The van der Waals surface area contributed by atoms with Gasteiger partial charge in [0, 0.05) is 0 Å². The Morgan fingerprint density at radius 3 is 2.82 bits per heavy atom. The van der Waals surface area contributed by atoms with Gasteiger partial charge in [-0.1, -0.05) is 19.6 Å². The van der Waals surface area contributed by atoms with Crippen molar-refractivity contribution in [1.82, 2.24) is 0 Å². The number of aliphatic hydroxyl groups excluding tert-OH is 1. The van der Waals surface area contributed by atoms with Crippen molar-refractivity contribution in [2.75, 3.05) is 0 Å². The molecule has 1 aromatic carbocycles. The van der Waals surface area contributed by atoms with Crippen molar-refractivity contribution in [1.29, 1.82) is 0 Å². The Kier molecular flexibility index (Phi) is 3.16. The predicted octanol–water partition coefficient (Wildman–Crippen LogP) is 4.25. The summed E-state index contributed by atoms with van der Waals surface area (Å²) in [7, 11) is 0. The van der Waals surface area contributed by atoms with Crippen molar-refractivity contribution in [3.63, 3.8) is 0 Å². The summed E-state index contributed by atoms with van der Waals surface area (Å²) in [4.78, 5) is 0. The number of benzene rings is 1. The molecule has 118 valence electrons. The molecule has 0 amide bonds. The monoisotopic (exact) mass is 298 g/mol. The van der Waals surface area contributed by atoms with Crippen LogP contribution in [0.1, 0.15) is 61.6 Å². The van der Waals surface area contributed by atoms with Crippen molar-refractivity contribution in [3.05, 3.63) is 35.4 Å². The van der Waals surface area contributed by atoms with Gasteiger partial charge in [0.1, 0.15) is 5.75 Å². The summed E-state index contributed by atoms with van der Waals surface area (Å²) >= 11 is 0. The summed E-state index contributed by atoms with van der Waals surface area (Å²) in [5.41, 5.74) is 4.00. The summed E-state index contributed by atoms with van der Waals surface area (Å²) in [5, 5.41) is 20.4. The van der Waals surface area contributed by atoms with Crippen LogP contribution < -0.4 is 0 Å². The summed E-state index contributed by atoms with van der Waals surface area (Å²) in [5.74, 6) is 2.29. The Labute approximate surface area is 132 Å². The maximum Gasteiger partial charge on any atom is 0.116 e. The van der Waals surface area contributed by atoms with E-state index in [1.165, 1.54) is 24.0 Å². The van der Waals surface area contributed by atoms with E-state index in [0.717, 1.165) is 31.2 Å². The first kappa shape index (κ1) is 14.3. The number of phenolic OH excluding ortho intramolecular Hbond substituents is 1. The van der Waals surface area contributed by atoms with Gasteiger partial charge in [0.25, 0.3) is 0 Å². The summed E-state index contributed by atoms with van der Waals surface area (Å²) in [6, 6.07) is 3.82. The van der Waals surface area contributed by atoms with Crippen LogP contribution in [0.5, 0.6) is 5.75 Å². The van der Waals surface area contributed by atoms with Gasteiger partial charge in [0.15, 0.2) is 0 Å². The van der Waals surface area contributed by atoms with Crippen molar-refractivity contribution in [2.45, 2.75) is 57.5 Å². The first-order valence-corrected chi connectivity index (χ1v) is 8.71. The Balaban J connectivity index is 1.77. The van der Waals surface area contributed by atoms with E-state index in [1.807, 2.05) is 18.2 Å². The molecule has 2 fully saturated rings. The van der Waals surface area contributed by atoms with E-state index in [9.17, 15) is 10.2 Å². The lowest BCUT2D eigenvalue weighted by molar-refractivity contribution is -0.0226. The number of phenols is 1. The van der Waals surface area contributed by atoms with Gasteiger partial charge in [0.2, 0.25) is 0 Å². The smallest absolute Gasteiger partial charge is 0.116 e. The van der Waals surface area contributed by atoms with Gasteiger partial charge >= 0.3 is 0 Å². The van der Waals surface area contributed by atoms with Gasteiger partial charge in [-0.2, -0.15) is 0 Å². The van der Waals surface area contributed by atoms with Gasteiger partial charge in [-0.25, -0.2) is 0 Å². The predicted molar refractivity (Wildman–Crippen MR) is 88.8 cm³/mol.